The van der Waals surface area contributed by atoms with Gasteiger partial charge in [0.25, 0.3) is 0 Å². The van der Waals surface area contributed by atoms with E-state index < -0.39 is 0 Å². The van der Waals surface area contributed by atoms with Gasteiger partial charge in [-0.05, 0) is 61.7 Å². The average Bonchev–Trinajstić information content (AvgIpc) is 3.10. The number of halogens is 2. The Morgan fingerprint density at radius 2 is 1.93 bits per heavy atom. The van der Waals surface area contributed by atoms with Gasteiger partial charge >= 0.3 is 0 Å². The summed E-state index contributed by atoms with van der Waals surface area (Å²) in [4.78, 5) is 14.3. The lowest BCUT2D eigenvalue weighted by Gasteiger charge is -2.24. The van der Waals surface area contributed by atoms with E-state index in [1.165, 1.54) is 0 Å². The number of nitrogens with zero attached hydrogens (tertiary/aromatic N) is 1. The van der Waals surface area contributed by atoms with E-state index in [0.29, 0.717) is 41.1 Å². The summed E-state index contributed by atoms with van der Waals surface area (Å²) in [5, 5.41) is 1.000. The molecule has 0 bridgehead atoms. The van der Waals surface area contributed by atoms with Crippen LogP contribution in [0.1, 0.15) is 25.7 Å². The lowest BCUT2D eigenvalue weighted by atomic mass is 10.1. The van der Waals surface area contributed by atoms with Gasteiger partial charge in [-0.15, -0.1) is 0 Å². The van der Waals surface area contributed by atoms with Crippen LogP contribution in [0.25, 0.3) is 0 Å². The fourth-order valence-electron chi connectivity index (χ4n) is 3.61. The second-order valence-electron chi connectivity index (χ2n) is 7.37. The zero-order valence-corrected chi connectivity index (χ0v) is 17.5. The van der Waals surface area contributed by atoms with Crippen LogP contribution in [-0.2, 0) is 14.3 Å². The van der Waals surface area contributed by atoms with Crippen LogP contribution in [0.5, 0.6) is 11.5 Å². The third-order valence-electron chi connectivity index (χ3n) is 5.13. The molecule has 0 N–H and O–H groups in total. The largest absolute Gasteiger partial charge is 0.456 e. The maximum absolute atomic E-state index is 12.5. The third kappa shape index (κ3) is 5.23. The maximum Gasteiger partial charge on any atom is 0.227 e. The van der Waals surface area contributed by atoms with Crippen molar-refractivity contribution < 1.29 is 19.0 Å². The van der Waals surface area contributed by atoms with Crippen molar-refractivity contribution in [3.8, 4) is 11.5 Å². The molecule has 7 heteroatoms. The number of rotatable bonds is 6. The van der Waals surface area contributed by atoms with Gasteiger partial charge in [0, 0.05) is 36.2 Å². The first-order chi connectivity index (χ1) is 14.1. The van der Waals surface area contributed by atoms with Crippen LogP contribution in [0, 0.1) is 5.92 Å². The van der Waals surface area contributed by atoms with Gasteiger partial charge in [-0.25, -0.2) is 0 Å². The quantitative estimate of drug-likeness (QED) is 0.585. The van der Waals surface area contributed by atoms with Crippen molar-refractivity contribution in [1.82, 2.24) is 0 Å². The number of hydrogen-bond acceptors (Lipinski definition) is 4. The second kappa shape index (κ2) is 9.35. The molecular weight excluding hydrogens is 413 g/mol. The van der Waals surface area contributed by atoms with E-state index in [4.69, 9.17) is 37.4 Å². The van der Waals surface area contributed by atoms with Crippen molar-refractivity contribution in [2.45, 2.75) is 32.0 Å². The van der Waals surface area contributed by atoms with Gasteiger partial charge < -0.3 is 19.1 Å². The van der Waals surface area contributed by atoms with Gasteiger partial charge in [0.1, 0.15) is 11.5 Å². The SMILES string of the molecule is O=C1CC(COC2CCCCO2)CN1c1ccc(Oc2ccc(Cl)cc2Cl)cc1. The maximum atomic E-state index is 12.5. The molecule has 29 heavy (non-hydrogen) atoms. The molecule has 2 aromatic carbocycles. The second-order valence-corrected chi connectivity index (χ2v) is 8.22. The smallest absolute Gasteiger partial charge is 0.227 e. The fourth-order valence-corrected chi connectivity index (χ4v) is 4.05. The highest BCUT2D eigenvalue weighted by molar-refractivity contribution is 6.35. The molecule has 2 heterocycles. The molecular formula is C22H23Cl2NO4. The summed E-state index contributed by atoms with van der Waals surface area (Å²) in [6, 6.07) is 12.5. The molecule has 2 saturated heterocycles. The Morgan fingerprint density at radius 1 is 1.10 bits per heavy atom. The van der Waals surface area contributed by atoms with Gasteiger partial charge in [-0.3, -0.25) is 4.79 Å². The van der Waals surface area contributed by atoms with Crippen LogP contribution in [0.15, 0.2) is 42.5 Å². The van der Waals surface area contributed by atoms with Gasteiger partial charge in [0.15, 0.2) is 6.29 Å². The standard InChI is InChI=1S/C22H23Cl2NO4/c23-16-4-9-20(19(24)12-16)29-18-7-5-17(6-8-18)25-13-15(11-21(25)26)14-28-22-3-1-2-10-27-22/h4-9,12,15,22H,1-3,10-11,13-14H2. The molecule has 0 radical (unpaired) electrons. The average molecular weight is 436 g/mol. The minimum atomic E-state index is -0.121. The minimum absolute atomic E-state index is 0.109. The van der Waals surface area contributed by atoms with Crippen molar-refractivity contribution in [3.05, 3.63) is 52.5 Å². The number of benzene rings is 2. The number of amides is 1. The Labute approximate surface area is 180 Å². The monoisotopic (exact) mass is 435 g/mol. The van der Waals surface area contributed by atoms with E-state index in [0.717, 1.165) is 31.6 Å². The fraction of sp³-hybridized carbons (Fsp3) is 0.409. The van der Waals surface area contributed by atoms with Gasteiger partial charge in [0.2, 0.25) is 5.91 Å². The zero-order valence-electron chi connectivity index (χ0n) is 16.0. The molecule has 1 amide bonds. The van der Waals surface area contributed by atoms with E-state index in [-0.39, 0.29) is 18.1 Å². The lowest BCUT2D eigenvalue weighted by Crippen LogP contribution is -2.27. The molecule has 0 aromatic heterocycles. The molecule has 5 nitrogen and oxygen atoms in total. The van der Waals surface area contributed by atoms with Gasteiger partial charge in [0.05, 0.1) is 11.6 Å². The molecule has 0 aliphatic carbocycles. The van der Waals surface area contributed by atoms with Crippen molar-refractivity contribution in [2.24, 2.45) is 5.92 Å². The summed E-state index contributed by atoms with van der Waals surface area (Å²) >= 11 is 12.1. The summed E-state index contributed by atoms with van der Waals surface area (Å²) in [5.74, 6) is 1.46. The summed E-state index contributed by atoms with van der Waals surface area (Å²) in [6.45, 7) is 1.95. The molecule has 2 fully saturated rings. The number of hydrogen-bond donors (Lipinski definition) is 0. The molecule has 0 saturated carbocycles. The van der Waals surface area contributed by atoms with Crippen molar-refractivity contribution >= 4 is 34.8 Å². The number of ether oxygens (including phenoxy) is 3. The summed E-state index contributed by atoms with van der Waals surface area (Å²) < 4.78 is 17.3. The van der Waals surface area contributed by atoms with E-state index in [2.05, 4.69) is 0 Å². The normalized spacial score (nSPS) is 22.1. The zero-order chi connectivity index (χ0) is 20.2. The Hall–Kier alpha value is -1.79. The van der Waals surface area contributed by atoms with Gasteiger partial charge in [-0.1, -0.05) is 23.2 Å². The van der Waals surface area contributed by atoms with Crippen LogP contribution >= 0.6 is 23.2 Å². The minimum Gasteiger partial charge on any atom is -0.456 e. The van der Waals surface area contributed by atoms with Gasteiger partial charge in [-0.2, -0.15) is 0 Å². The Bertz CT molecular complexity index is 852. The molecule has 2 unspecified atom stereocenters. The van der Waals surface area contributed by atoms with E-state index in [1.807, 2.05) is 24.3 Å². The van der Waals surface area contributed by atoms with Crippen molar-refractivity contribution in [1.29, 1.82) is 0 Å². The number of carbonyl (C=O) groups excluding carboxylic acids is 1. The Balaban J connectivity index is 1.34. The molecule has 2 aromatic rings. The summed E-state index contributed by atoms with van der Waals surface area (Å²) in [7, 11) is 0. The molecule has 0 spiro atoms. The Kier molecular flexibility index (Phi) is 6.60. The topological polar surface area (TPSA) is 48.0 Å². The summed E-state index contributed by atoms with van der Waals surface area (Å²) in [6.07, 6.45) is 3.54. The Morgan fingerprint density at radius 3 is 2.66 bits per heavy atom. The molecule has 154 valence electrons. The molecule has 2 aliphatic heterocycles. The lowest BCUT2D eigenvalue weighted by molar-refractivity contribution is -0.168. The van der Waals surface area contributed by atoms with Crippen LogP contribution < -0.4 is 9.64 Å². The predicted molar refractivity (Wildman–Crippen MR) is 113 cm³/mol. The third-order valence-corrected chi connectivity index (χ3v) is 5.66. The first-order valence-electron chi connectivity index (χ1n) is 9.85. The predicted octanol–water partition coefficient (Wildman–Crippen LogP) is 5.68. The van der Waals surface area contributed by atoms with Crippen LogP contribution in [-0.4, -0.2) is 32.0 Å². The number of anilines is 1. The van der Waals surface area contributed by atoms with Crippen molar-refractivity contribution in [2.75, 3.05) is 24.7 Å². The molecule has 4 rings (SSSR count). The highest BCUT2D eigenvalue weighted by atomic mass is 35.5. The van der Waals surface area contributed by atoms with Crippen LogP contribution in [0.2, 0.25) is 10.0 Å². The van der Waals surface area contributed by atoms with E-state index >= 15 is 0 Å². The van der Waals surface area contributed by atoms with Crippen LogP contribution in [0.3, 0.4) is 0 Å². The molecule has 2 atom stereocenters. The number of carbonyl (C=O) groups is 1. The highest BCUT2D eigenvalue weighted by Gasteiger charge is 2.31. The van der Waals surface area contributed by atoms with Crippen LogP contribution in [0.4, 0.5) is 5.69 Å². The van der Waals surface area contributed by atoms with Crippen molar-refractivity contribution in [3.63, 3.8) is 0 Å². The van der Waals surface area contributed by atoms with E-state index in [1.54, 1.807) is 23.1 Å². The highest BCUT2D eigenvalue weighted by Crippen LogP contribution is 2.33. The molecule has 2 aliphatic rings. The summed E-state index contributed by atoms with van der Waals surface area (Å²) in [5.41, 5.74) is 0.848. The first-order valence-corrected chi connectivity index (χ1v) is 10.6. The first kappa shape index (κ1) is 20.5. The van der Waals surface area contributed by atoms with E-state index in [9.17, 15) is 4.79 Å².